The van der Waals surface area contributed by atoms with E-state index in [2.05, 4.69) is 5.32 Å². The molecule has 1 amide bonds. The first-order valence-electron chi connectivity index (χ1n) is 8.76. The number of rotatable bonds is 6. The minimum atomic E-state index is -0.437. The van der Waals surface area contributed by atoms with Gasteiger partial charge in [-0.25, -0.2) is 0 Å². The molecule has 6 nitrogen and oxygen atoms in total. The van der Waals surface area contributed by atoms with Gasteiger partial charge in [0.2, 0.25) is 0 Å². The van der Waals surface area contributed by atoms with Crippen molar-refractivity contribution in [1.29, 1.82) is 0 Å². The van der Waals surface area contributed by atoms with Crippen LogP contribution in [-0.2, 0) is 14.3 Å². The summed E-state index contributed by atoms with van der Waals surface area (Å²) in [5.41, 5.74) is 6.26. The van der Waals surface area contributed by atoms with Crippen LogP contribution in [0.25, 0.3) is 0 Å². The van der Waals surface area contributed by atoms with Crippen molar-refractivity contribution in [2.75, 3.05) is 25.1 Å². The van der Waals surface area contributed by atoms with Crippen molar-refractivity contribution in [1.82, 2.24) is 0 Å². The van der Waals surface area contributed by atoms with Gasteiger partial charge in [-0.1, -0.05) is 12.1 Å². The van der Waals surface area contributed by atoms with Crippen LogP contribution in [-0.4, -0.2) is 44.0 Å². The predicted octanol–water partition coefficient (Wildman–Crippen LogP) is 2.50. The Labute approximate surface area is 154 Å². The molecule has 1 aromatic rings. The van der Waals surface area contributed by atoms with Gasteiger partial charge in [0, 0.05) is 13.2 Å². The molecule has 0 radical (unpaired) electrons. The Morgan fingerprint density at radius 3 is 2.76 bits per heavy atom. The second-order valence-corrected chi connectivity index (χ2v) is 6.34. The number of nitrogens with one attached hydrogen (secondary N) is 1. The van der Waals surface area contributed by atoms with E-state index in [0.717, 1.165) is 25.9 Å². The number of anilines is 1. The lowest BCUT2D eigenvalue weighted by Crippen LogP contribution is -2.30. The fourth-order valence-electron chi connectivity index (χ4n) is 3.10. The lowest BCUT2D eigenvalue weighted by Gasteiger charge is -2.23. The van der Waals surface area contributed by atoms with E-state index in [1.807, 2.05) is 24.3 Å². The van der Waals surface area contributed by atoms with Gasteiger partial charge in [0.15, 0.2) is 0 Å². The van der Waals surface area contributed by atoms with Crippen molar-refractivity contribution in [3.8, 4) is 5.75 Å². The molecule has 0 spiro atoms. The fourth-order valence-corrected chi connectivity index (χ4v) is 3.10. The monoisotopic (exact) mass is 370 g/mol. The molecule has 3 rings (SSSR count). The molecular formula is C18H27ClN2O4. The first-order valence-corrected chi connectivity index (χ1v) is 8.76. The zero-order valence-corrected chi connectivity index (χ0v) is 15.1. The molecule has 25 heavy (non-hydrogen) atoms. The molecule has 2 heterocycles. The number of amides is 1. The largest absolute Gasteiger partial charge is 0.489 e. The van der Waals surface area contributed by atoms with Crippen LogP contribution in [0.4, 0.5) is 5.69 Å². The molecule has 7 heteroatoms. The van der Waals surface area contributed by atoms with Crippen molar-refractivity contribution < 1.29 is 19.0 Å². The van der Waals surface area contributed by atoms with Gasteiger partial charge >= 0.3 is 0 Å². The maximum atomic E-state index is 12.4. The molecule has 3 atom stereocenters. The first kappa shape index (κ1) is 20.0. The van der Waals surface area contributed by atoms with Crippen LogP contribution in [0.3, 0.4) is 0 Å². The Kier molecular flexibility index (Phi) is 7.96. The number of hydrogen-bond donors (Lipinski definition) is 2. The smallest absolute Gasteiger partial charge is 0.253 e. The number of carbonyl (C=O) groups excluding carboxylic acids is 1. The summed E-state index contributed by atoms with van der Waals surface area (Å²) in [6.07, 6.45) is 4.51. The number of carbonyl (C=O) groups is 1. The summed E-state index contributed by atoms with van der Waals surface area (Å²) < 4.78 is 17.2. The normalized spacial score (nSPS) is 25.9. The summed E-state index contributed by atoms with van der Waals surface area (Å²) in [7, 11) is 0. The van der Waals surface area contributed by atoms with Crippen LogP contribution in [0.1, 0.15) is 32.1 Å². The highest BCUT2D eigenvalue weighted by molar-refractivity contribution is 5.95. The summed E-state index contributed by atoms with van der Waals surface area (Å²) in [4.78, 5) is 12.4. The lowest BCUT2D eigenvalue weighted by atomic mass is 10.1. The first-order chi connectivity index (χ1) is 11.8. The number of ether oxygens (including phenoxy) is 3. The van der Waals surface area contributed by atoms with E-state index >= 15 is 0 Å². The van der Waals surface area contributed by atoms with Gasteiger partial charge in [0.25, 0.3) is 5.91 Å². The molecular weight excluding hydrogens is 344 g/mol. The number of hydrogen-bond acceptors (Lipinski definition) is 5. The molecule has 2 saturated heterocycles. The number of benzene rings is 1. The Morgan fingerprint density at radius 2 is 2.04 bits per heavy atom. The van der Waals surface area contributed by atoms with E-state index in [1.54, 1.807) is 0 Å². The van der Waals surface area contributed by atoms with Crippen LogP contribution in [0.2, 0.25) is 0 Å². The van der Waals surface area contributed by atoms with Crippen LogP contribution in [0.5, 0.6) is 5.75 Å². The molecule has 3 N–H and O–H groups in total. The summed E-state index contributed by atoms with van der Waals surface area (Å²) in [6.45, 7) is 1.75. The maximum Gasteiger partial charge on any atom is 0.253 e. The zero-order chi connectivity index (χ0) is 16.8. The average Bonchev–Trinajstić information content (AvgIpc) is 3.11. The minimum Gasteiger partial charge on any atom is -0.489 e. The van der Waals surface area contributed by atoms with Gasteiger partial charge < -0.3 is 25.3 Å². The molecule has 2 aliphatic rings. The summed E-state index contributed by atoms with van der Waals surface area (Å²) >= 11 is 0. The third-order valence-electron chi connectivity index (χ3n) is 4.51. The van der Waals surface area contributed by atoms with Crippen molar-refractivity contribution >= 4 is 24.0 Å². The van der Waals surface area contributed by atoms with Crippen LogP contribution in [0, 0.1) is 0 Å². The van der Waals surface area contributed by atoms with Crippen molar-refractivity contribution in [2.24, 2.45) is 5.73 Å². The fraction of sp³-hybridized carbons (Fsp3) is 0.611. The van der Waals surface area contributed by atoms with Crippen LogP contribution >= 0.6 is 12.4 Å². The second-order valence-electron chi connectivity index (χ2n) is 6.34. The van der Waals surface area contributed by atoms with Crippen LogP contribution in [0.15, 0.2) is 24.3 Å². The molecule has 1 unspecified atom stereocenters. The molecule has 1 aromatic carbocycles. The van der Waals surface area contributed by atoms with Crippen LogP contribution < -0.4 is 15.8 Å². The third kappa shape index (κ3) is 5.57. The molecule has 0 bridgehead atoms. The molecule has 0 aromatic heterocycles. The Morgan fingerprint density at radius 1 is 1.20 bits per heavy atom. The highest BCUT2D eigenvalue weighted by Gasteiger charge is 2.30. The Hall–Kier alpha value is -1.34. The van der Waals surface area contributed by atoms with E-state index in [1.165, 1.54) is 6.42 Å². The van der Waals surface area contributed by atoms with E-state index in [4.69, 9.17) is 19.9 Å². The standard InChI is InChI=1S/C18H26N2O4.ClH/c19-11-13-8-9-17(24-13)18(21)20-15-6-1-2-7-16(15)23-12-14-5-3-4-10-22-14;/h1-2,6-7,13-14,17H,3-5,8-12,19H2,(H,20,21);1H/t13-,14?,17+;/m1./s1. The summed E-state index contributed by atoms with van der Waals surface area (Å²) in [6, 6.07) is 7.46. The van der Waals surface area contributed by atoms with Gasteiger partial charge in [0.05, 0.1) is 17.9 Å². The van der Waals surface area contributed by atoms with Gasteiger partial charge in [-0.2, -0.15) is 0 Å². The van der Waals surface area contributed by atoms with E-state index in [-0.39, 0.29) is 30.5 Å². The highest BCUT2D eigenvalue weighted by atomic mass is 35.5. The second kappa shape index (κ2) is 9.97. The van der Waals surface area contributed by atoms with E-state index in [0.29, 0.717) is 31.0 Å². The van der Waals surface area contributed by atoms with Gasteiger partial charge in [-0.15, -0.1) is 12.4 Å². The highest BCUT2D eigenvalue weighted by Crippen LogP contribution is 2.27. The zero-order valence-electron chi connectivity index (χ0n) is 14.3. The molecule has 2 aliphatic heterocycles. The summed E-state index contributed by atoms with van der Waals surface area (Å²) in [5, 5.41) is 2.91. The van der Waals surface area contributed by atoms with Crippen molar-refractivity contribution in [2.45, 2.75) is 50.4 Å². The minimum absolute atomic E-state index is 0. The third-order valence-corrected chi connectivity index (χ3v) is 4.51. The Bertz CT molecular complexity index is 552. The average molecular weight is 371 g/mol. The van der Waals surface area contributed by atoms with E-state index < -0.39 is 6.10 Å². The Balaban J connectivity index is 0.00000225. The lowest BCUT2D eigenvalue weighted by molar-refractivity contribution is -0.126. The number of halogens is 1. The number of para-hydroxylation sites is 2. The molecule has 2 fully saturated rings. The SMILES string of the molecule is Cl.NC[C@H]1CC[C@@H](C(=O)Nc2ccccc2OCC2CCCCO2)O1. The quantitative estimate of drug-likeness (QED) is 0.803. The van der Waals surface area contributed by atoms with Gasteiger partial charge in [-0.05, 0) is 44.2 Å². The van der Waals surface area contributed by atoms with Crippen molar-refractivity contribution in [3.05, 3.63) is 24.3 Å². The topological polar surface area (TPSA) is 82.8 Å². The van der Waals surface area contributed by atoms with Crippen molar-refractivity contribution in [3.63, 3.8) is 0 Å². The molecule has 0 aliphatic carbocycles. The van der Waals surface area contributed by atoms with Gasteiger partial charge in [-0.3, -0.25) is 4.79 Å². The summed E-state index contributed by atoms with van der Waals surface area (Å²) in [5.74, 6) is 0.518. The van der Waals surface area contributed by atoms with Gasteiger partial charge in [0.1, 0.15) is 18.5 Å². The number of nitrogens with two attached hydrogens (primary N) is 1. The van der Waals surface area contributed by atoms with E-state index in [9.17, 15) is 4.79 Å². The predicted molar refractivity (Wildman–Crippen MR) is 98.4 cm³/mol. The molecule has 0 saturated carbocycles. The molecule has 140 valence electrons. The maximum absolute atomic E-state index is 12.4.